The van der Waals surface area contributed by atoms with Crippen LogP contribution in [0, 0.1) is 11.3 Å². The molecule has 0 spiro atoms. The Hall–Kier alpha value is -0.0800. The molecule has 2 heteroatoms. The fraction of sp³-hybridized carbons (Fsp3) is 1.00. The average molecular weight is 252 g/mol. The average Bonchev–Trinajstić information content (AvgIpc) is 2.30. The molecule has 1 aliphatic heterocycles. The lowest BCUT2D eigenvalue weighted by Gasteiger charge is -2.47. The van der Waals surface area contributed by atoms with Crippen LogP contribution in [0.15, 0.2) is 0 Å². The first-order chi connectivity index (χ1) is 8.49. The van der Waals surface area contributed by atoms with Crippen molar-refractivity contribution in [3.63, 3.8) is 0 Å². The standard InChI is InChI=1S/C16H32N2/c1-13-11-17-14(2)8-10-18(12-13)15-7-5-6-9-16(15,3)4/h13-15,17H,5-12H2,1-4H3. The molecule has 18 heavy (non-hydrogen) atoms. The molecule has 1 aliphatic carbocycles. The van der Waals surface area contributed by atoms with Crippen molar-refractivity contribution in [3.8, 4) is 0 Å². The van der Waals surface area contributed by atoms with Crippen LogP contribution in [0.5, 0.6) is 0 Å². The van der Waals surface area contributed by atoms with Crippen LogP contribution in [-0.2, 0) is 0 Å². The minimum atomic E-state index is 0.522. The Balaban J connectivity index is 2.04. The predicted molar refractivity (Wildman–Crippen MR) is 78.9 cm³/mol. The lowest BCUT2D eigenvalue weighted by atomic mass is 9.72. The predicted octanol–water partition coefficient (Wildman–Crippen LogP) is 3.28. The second-order valence-electron chi connectivity index (χ2n) is 7.45. The van der Waals surface area contributed by atoms with Crippen LogP contribution in [0.4, 0.5) is 0 Å². The molecule has 1 heterocycles. The molecule has 3 atom stereocenters. The molecule has 1 saturated carbocycles. The number of rotatable bonds is 1. The summed E-state index contributed by atoms with van der Waals surface area (Å²) in [6, 6.07) is 1.50. The van der Waals surface area contributed by atoms with E-state index in [4.69, 9.17) is 0 Å². The van der Waals surface area contributed by atoms with E-state index in [0.717, 1.165) is 12.0 Å². The zero-order valence-electron chi connectivity index (χ0n) is 12.8. The van der Waals surface area contributed by atoms with Crippen molar-refractivity contribution in [2.24, 2.45) is 11.3 Å². The Labute approximate surface area is 114 Å². The van der Waals surface area contributed by atoms with Crippen LogP contribution >= 0.6 is 0 Å². The highest BCUT2D eigenvalue weighted by atomic mass is 15.2. The highest BCUT2D eigenvalue weighted by molar-refractivity contribution is 4.91. The molecule has 1 N–H and O–H groups in total. The monoisotopic (exact) mass is 252 g/mol. The van der Waals surface area contributed by atoms with Gasteiger partial charge in [-0.1, -0.05) is 33.6 Å². The van der Waals surface area contributed by atoms with Crippen molar-refractivity contribution in [2.75, 3.05) is 19.6 Å². The van der Waals surface area contributed by atoms with Gasteiger partial charge in [0.1, 0.15) is 0 Å². The van der Waals surface area contributed by atoms with Gasteiger partial charge in [-0.25, -0.2) is 0 Å². The van der Waals surface area contributed by atoms with Crippen molar-refractivity contribution < 1.29 is 0 Å². The molecule has 0 aromatic carbocycles. The summed E-state index contributed by atoms with van der Waals surface area (Å²) in [6.07, 6.45) is 7.01. The van der Waals surface area contributed by atoms with E-state index >= 15 is 0 Å². The smallest absolute Gasteiger partial charge is 0.0146 e. The summed E-state index contributed by atoms with van der Waals surface area (Å²) in [5.74, 6) is 0.783. The second kappa shape index (κ2) is 5.92. The van der Waals surface area contributed by atoms with E-state index in [1.165, 1.54) is 51.7 Å². The zero-order valence-corrected chi connectivity index (χ0v) is 12.8. The van der Waals surface area contributed by atoms with Gasteiger partial charge in [0, 0.05) is 18.6 Å². The van der Waals surface area contributed by atoms with Gasteiger partial charge >= 0.3 is 0 Å². The van der Waals surface area contributed by atoms with Crippen LogP contribution in [0.25, 0.3) is 0 Å². The second-order valence-corrected chi connectivity index (χ2v) is 7.45. The van der Waals surface area contributed by atoms with Crippen LogP contribution in [-0.4, -0.2) is 36.6 Å². The van der Waals surface area contributed by atoms with Gasteiger partial charge in [0.2, 0.25) is 0 Å². The first kappa shape index (κ1) is 14.3. The summed E-state index contributed by atoms with van der Waals surface area (Å²) in [5.41, 5.74) is 0.522. The Morgan fingerprint density at radius 2 is 1.89 bits per heavy atom. The van der Waals surface area contributed by atoms with Gasteiger partial charge in [0.25, 0.3) is 0 Å². The summed E-state index contributed by atoms with van der Waals surface area (Å²) in [6.45, 7) is 13.5. The SMILES string of the molecule is CC1CNC(C)CCN(C2CCCCC2(C)C)C1. The van der Waals surface area contributed by atoms with Crippen molar-refractivity contribution in [3.05, 3.63) is 0 Å². The quantitative estimate of drug-likeness (QED) is 0.770. The van der Waals surface area contributed by atoms with E-state index in [1.54, 1.807) is 0 Å². The van der Waals surface area contributed by atoms with Gasteiger partial charge < -0.3 is 5.32 Å². The van der Waals surface area contributed by atoms with Crippen LogP contribution < -0.4 is 5.32 Å². The lowest BCUT2D eigenvalue weighted by Crippen LogP contribution is -2.52. The lowest BCUT2D eigenvalue weighted by molar-refractivity contribution is 0.0320. The maximum atomic E-state index is 3.65. The molecular formula is C16H32N2. The molecule has 2 fully saturated rings. The molecule has 0 amide bonds. The third kappa shape index (κ3) is 3.48. The van der Waals surface area contributed by atoms with Gasteiger partial charge in [-0.3, -0.25) is 4.90 Å². The summed E-state index contributed by atoms with van der Waals surface area (Å²) >= 11 is 0. The van der Waals surface area contributed by atoms with Crippen molar-refractivity contribution in [2.45, 2.75) is 71.9 Å². The molecule has 2 nitrogen and oxygen atoms in total. The Morgan fingerprint density at radius 3 is 2.61 bits per heavy atom. The molecule has 0 radical (unpaired) electrons. The van der Waals surface area contributed by atoms with E-state index in [-0.39, 0.29) is 0 Å². The first-order valence-electron chi connectivity index (χ1n) is 7.96. The van der Waals surface area contributed by atoms with Crippen molar-refractivity contribution >= 4 is 0 Å². The van der Waals surface area contributed by atoms with E-state index in [2.05, 4.69) is 37.9 Å². The maximum Gasteiger partial charge on any atom is 0.0146 e. The number of nitrogens with zero attached hydrogens (tertiary/aromatic N) is 1. The maximum absolute atomic E-state index is 3.65. The molecule has 3 unspecified atom stereocenters. The third-order valence-corrected chi connectivity index (χ3v) is 5.10. The van der Waals surface area contributed by atoms with Crippen molar-refractivity contribution in [1.29, 1.82) is 0 Å². The fourth-order valence-corrected chi connectivity index (χ4v) is 3.86. The summed E-state index contributed by atoms with van der Waals surface area (Å²) in [7, 11) is 0. The Kier molecular flexibility index (Phi) is 4.71. The highest BCUT2D eigenvalue weighted by Crippen LogP contribution is 2.39. The zero-order chi connectivity index (χ0) is 13.2. The number of hydrogen-bond acceptors (Lipinski definition) is 2. The first-order valence-corrected chi connectivity index (χ1v) is 7.96. The molecule has 0 bridgehead atoms. The minimum Gasteiger partial charge on any atom is -0.314 e. The van der Waals surface area contributed by atoms with Crippen LogP contribution in [0.1, 0.15) is 59.8 Å². The summed E-state index contributed by atoms with van der Waals surface area (Å²) in [5, 5.41) is 3.65. The summed E-state index contributed by atoms with van der Waals surface area (Å²) in [4.78, 5) is 2.82. The minimum absolute atomic E-state index is 0.522. The largest absolute Gasteiger partial charge is 0.314 e. The van der Waals surface area contributed by atoms with E-state index in [9.17, 15) is 0 Å². The third-order valence-electron chi connectivity index (χ3n) is 5.10. The molecule has 106 valence electrons. The normalized spacial score (nSPS) is 39.0. The number of nitrogens with one attached hydrogen (secondary N) is 1. The molecule has 0 aromatic heterocycles. The van der Waals surface area contributed by atoms with E-state index < -0.39 is 0 Å². The number of hydrogen-bond donors (Lipinski definition) is 1. The van der Waals surface area contributed by atoms with Gasteiger partial charge in [-0.05, 0) is 50.6 Å². The van der Waals surface area contributed by atoms with Gasteiger partial charge in [0.15, 0.2) is 0 Å². The van der Waals surface area contributed by atoms with E-state index in [1.807, 2.05) is 0 Å². The topological polar surface area (TPSA) is 15.3 Å². The van der Waals surface area contributed by atoms with Crippen LogP contribution in [0.3, 0.4) is 0 Å². The summed E-state index contributed by atoms with van der Waals surface area (Å²) < 4.78 is 0. The highest BCUT2D eigenvalue weighted by Gasteiger charge is 2.36. The molecule has 1 saturated heterocycles. The fourth-order valence-electron chi connectivity index (χ4n) is 3.86. The van der Waals surface area contributed by atoms with Crippen molar-refractivity contribution in [1.82, 2.24) is 10.2 Å². The molecular weight excluding hydrogens is 220 g/mol. The van der Waals surface area contributed by atoms with Gasteiger partial charge in [0.05, 0.1) is 0 Å². The Bertz CT molecular complexity index is 262. The van der Waals surface area contributed by atoms with E-state index in [0.29, 0.717) is 11.5 Å². The van der Waals surface area contributed by atoms with Gasteiger partial charge in [-0.2, -0.15) is 0 Å². The van der Waals surface area contributed by atoms with Gasteiger partial charge in [-0.15, -0.1) is 0 Å². The molecule has 0 aromatic rings. The molecule has 2 aliphatic rings. The Morgan fingerprint density at radius 1 is 1.11 bits per heavy atom. The van der Waals surface area contributed by atoms with Crippen LogP contribution in [0.2, 0.25) is 0 Å². The molecule has 2 rings (SSSR count).